The molecule has 10 heteroatoms. The van der Waals surface area contributed by atoms with Gasteiger partial charge in [-0.1, -0.05) is 11.6 Å². The Morgan fingerprint density at radius 2 is 1.76 bits per heavy atom. The molecule has 0 atom stereocenters. The Kier molecular flexibility index (Phi) is 5.81. The lowest BCUT2D eigenvalue weighted by Gasteiger charge is -2.14. The summed E-state index contributed by atoms with van der Waals surface area (Å²) in [5.74, 6) is 0.112. The molecule has 34 heavy (non-hydrogen) atoms. The molecule has 0 aliphatic carbocycles. The Morgan fingerprint density at radius 3 is 2.41 bits per heavy atom. The third-order valence-electron chi connectivity index (χ3n) is 5.26. The van der Waals surface area contributed by atoms with Gasteiger partial charge in [-0.3, -0.25) is 9.52 Å². The smallest absolute Gasteiger partial charge is 0.263 e. The summed E-state index contributed by atoms with van der Waals surface area (Å²) >= 11 is 0. The van der Waals surface area contributed by atoms with Crippen LogP contribution in [0.4, 0.5) is 11.5 Å². The number of carbonyl (C=O) groups excluding carboxylic acids is 1. The standard InChI is InChI=1S/C24H22N6O3S/c1-14-9-16(3)23-21(10-14)15(2)11-22(28-23)30-24(18(12-25)13-26-30)29-34(32,33)20-7-5-19(6-8-20)27-17(4)31/h5-11,13,29H,1-4H3,(H,27,31). The van der Waals surface area contributed by atoms with E-state index in [1.165, 1.54) is 42.1 Å². The molecular weight excluding hydrogens is 452 g/mol. The number of carbonyl (C=O) groups is 1. The van der Waals surface area contributed by atoms with Crippen molar-refractivity contribution in [2.45, 2.75) is 32.6 Å². The van der Waals surface area contributed by atoms with E-state index in [0.29, 0.717) is 11.5 Å². The molecule has 4 aromatic rings. The minimum absolute atomic E-state index is 0.00977. The first-order valence-electron chi connectivity index (χ1n) is 10.4. The van der Waals surface area contributed by atoms with Crippen LogP contribution in [0, 0.1) is 32.1 Å². The summed E-state index contributed by atoms with van der Waals surface area (Å²) in [5, 5.41) is 17.4. The van der Waals surface area contributed by atoms with E-state index in [4.69, 9.17) is 4.98 Å². The molecule has 9 nitrogen and oxygen atoms in total. The summed E-state index contributed by atoms with van der Waals surface area (Å²) in [5.41, 5.74) is 4.34. The number of hydrogen-bond acceptors (Lipinski definition) is 6. The third kappa shape index (κ3) is 4.33. The Hall–Kier alpha value is -4.23. The van der Waals surface area contributed by atoms with Crippen molar-refractivity contribution in [3.63, 3.8) is 0 Å². The highest BCUT2D eigenvalue weighted by atomic mass is 32.2. The third-order valence-corrected chi connectivity index (χ3v) is 6.62. The lowest BCUT2D eigenvalue weighted by molar-refractivity contribution is -0.114. The summed E-state index contributed by atoms with van der Waals surface area (Å²) < 4.78 is 30.0. The molecule has 4 rings (SSSR count). The number of amides is 1. The van der Waals surface area contributed by atoms with Crippen LogP contribution in [0.25, 0.3) is 16.7 Å². The zero-order valence-electron chi connectivity index (χ0n) is 19.0. The Bertz CT molecular complexity index is 1580. The molecule has 0 fully saturated rings. The van der Waals surface area contributed by atoms with Crippen LogP contribution in [0.2, 0.25) is 0 Å². The van der Waals surface area contributed by atoms with E-state index in [-0.39, 0.29) is 22.2 Å². The average molecular weight is 475 g/mol. The van der Waals surface area contributed by atoms with Gasteiger partial charge in [0.05, 0.1) is 16.6 Å². The quantitative estimate of drug-likeness (QED) is 0.450. The molecule has 0 spiro atoms. The fraction of sp³-hybridized carbons (Fsp3) is 0.167. The maximum atomic E-state index is 13.1. The van der Waals surface area contributed by atoms with Gasteiger partial charge in [0, 0.05) is 18.0 Å². The molecule has 172 valence electrons. The normalized spacial score (nSPS) is 11.3. The maximum Gasteiger partial charge on any atom is 0.263 e. The van der Waals surface area contributed by atoms with E-state index in [1.807, 2.05) is 39.0 Å². The largest absolute Gasteiger partial charge is 0.326 e. The van der Waals surface area contributed by atoms with Crippen molar-refractivity contribution in [1.29, 1.82) is 5.26 Å². The number of nitriles is 1. The number of aryl methyl sites for hydroxylation is 3. The lowest BCUT2D eigenvalue weighted by atomic mass is 10.0. The Labute approximate surface area is 197 Å². The molecule has 0 saturated carbocycles. The summed E-state index contributed by atoms with van der Waals surface area (Å²) in [4.78, 5) is 15.9. The van der Waals surface area contributed by atoms with Gasteiger partial charge in [-0.25, -0.2) is 13.4 Å². The molecule has 2 N–H and O–H groups in total. The number of sulfonamides is 1. The van der Waals surface area contributed by atoms with E-state index < -0.39 is 10.0 Å². The monoisotopic (exact) mass is 474 g/mol. The zero-order valence-corrected chi connectivity index (χ0v) is 19.9. The van der Waals surface area contributed by atoms with E-state index in [0.717, 1.165) is 27.6 Å². The van der Waals surface area contributed by atoms with Crippen molar-refractivity contribution in [2.75, 3.05) is 10.0 Å². The molecule has 0 bridgehead atoms. The van der Waals surface area contributed by atoms with Crippen LogP contribution in [-0.2, 0) is 14.8 Å². The summed E-state index contributed by atoms with van der Waals surface area (Å²) in [6.07, 6.45) is 1.29. The van der Waals surface area contributed by atoms with E-state index in [9.17, 15) is 18.5 Å². The number of fused-ring (bicyclic) bond motifs is 1. The van der Waals surface area contributed by atoms with Gasteiger partial charge in [-0.05, 0) is 68.3 Å². The molecule has 0 aliphatic rings. The first-order valence-corrected chi connectivity index (χ1v) is 11.8. The van der Waals surface area contributed by atoms with Crippen LogP contribution >= 0.6 is 0 Å². The van der Waals surface area contributed by atoms with Crippen molar-refractivity contribution < 1.29 is 13.2 Å². The molecule has 2 aromatic heterocycles. The van der Waals surface area contributed by atoms with Gasteiger partial charge in [0.1, 0.15) is 11.6 Å². The molecule has 2 aromatic carbocycles. The number of aromatic nitrogens is 3. The summed E-state index contributed by atoms with van der Waals surface area (Å²) in [6.45, 7) is 7.29. The van der Waals surface area contributed by atoms with Gasteiger partial charge in [-0.2, -0.15) is 15.0 Å². The second-order valence-corrected chi connectivity index (χ2v) is 9.70. The Balaban J connectivity index is 1.78. The maximum absolute atomic E-state index is 13.1. The minimum Gasteiger partial charge on any atom is -0.326 e. The van der Waals surface area contributed by atoms with E-state index in [2.05, 4.69) is 15.1 Å². The van der Waals surface area contributed by atoms with Gasteiger partial charge in [-0.15, -0.1) is 0 Å². The van der Waals surface area contributed by atoms with Crippen LogP contribution < -0.4 is 10.0 Å². The van der Waals surface area contributed by atoms with Gasteiger partial charge in [0.25, 0.3) is 10.0 Å². The highest BCUT2D eigenvalue weighted by Gasteiger charge is 2.22. The fourth-order valence-corrected chi connectivity index (χ4v) is 4.81. The number of nitrogens with one attached hydrogen (secondary N) is 2. The molecule has 1 amide bonds. The van der Waals surface area contributed by atoms with Crippen LogP contribution in [0.3, 0.4) is 0 Å². The summed E-state index contributed by atoms with van der Waals surface area (Å²) in [7, 11) is -4.06. The van der Waals surface area contributed by atoms with Crippen molar-refractivity contribution in [2.24, 2.45) is 0 Å². The van der Waals surface area contributed by atoms with Crippen molar-refractivity contribution >= 4 is 38.3 Å². The zero-order chi connectivity index (χ0) is 24.6. The minimum atomic E-state index is -4.06. The number of hydrogen-bond donors (Lipinski definition) is 2. The highest BCUT2D eigenvalue weighted by Crippen LogP contribution is 2.28. The van der Waals surface area contributed by atoms with Crippen molar-refractivity contribution in [3.05, 3.63) is 70.9 Å². The predicted octanol–water partition coefficient (Wildman–Crippen LogP) is 3.98. The Morgan fingerprint density at radius 1 is 1.06 bits per heavy atom. The number of benzene rings is 2. The second kappa shape index (κ2) is 8.61. The van der Waals surface area contributed by atoms with Crippen LogP contribution in [0.5, 0.6) is 0 Å². The fourth-order valence-electron chi connectivity index (χ4n) is 3.74. The average Bonchev–Trinajstić information content (AvgIpc) is 3.16. The molecular formula is C24H22N6O3S. The first kappa shape index (κ1) is 22.9. The predicted molar refractivity (Wildman–Crippen MR) is 129 cm³/mol. The van der Waals surface area contributed by atoms with E-state index >= 15 is 0 Å². The molecule has 2 heterocycles. The molecule has 0 saturated heterocycles. The molecule has 0 radical (unpaired) electrons. The first-order chi connectivity index (χ1) is 16.1. The van der Waals surface area contributed by atoms with Crippen molar-refractivity contribution in [3.8, 4) is 11.9 Å². The lowest BCUT2D eigenvalue weighted by Crippen LogP contribution is -2.17. The van der Waals surface area contributed by atoms with Crippen LogP contribution in [0.15, 0.2) is 53.6 Å². The topological polar surface area (TPSA) is 130 Å². The van der Waals surface area contributed by atoms with Gasteiger partial charge in [0.15, 0.2) is 11.6 Å². The van der Waals surface area contributed by atoms with E-state index in [1.54, 1.807) is 6.07 Å². The van der Waals surface area contributed by atoms with Gasteiger partial charge >= 0.3 is 0 Å². The van der Waals surface area contributed by atoms with Gasteiger partial charge in [0.2, 0.25) is 5.91 Å². The molecule has 0 unspecified atom stereocenters. The number of nitrogens with zero attached hydrogens (tertiary/aromatic N) is 4. The SMILES string of the molecule is CC(=O)Nc1ccc(S(=O)(=O)Nc2c(C#N)cnn2-c2cc(C)c3cc(C)cc(C)c3n2)cc1. The van der Waals surface area contributed by atoms with Crippen molar-refractivity contribution in [1.82, 2.24) is 14.8 Å². The number of pyridine rings is 1. The van der Waals surface area contributed by atoms with Crippen LogP contribution in [-0.4, -0.2) is 29.1 Å². The molecule has 0 aliphatic heterocycles. The van der Waals surface area contributed by atoms with Crippen LogP contribution in [0.1, 0.15) is 29.2 Å². The number of anilines is 2. The highest BCUT2D eigenvalue weighted by molar-refractivity contribution is 7.92. The number of rotatable bonds is 5. The van der Waals surface area contributed by atoms with Gasteiger partial charge < -0.3 is 5.32 Å². The second-order valence-electron chi connectivity index (χ2n) is 8.02. The summed E-state index contributed by atoms with van der Waals surface area (Å²) in [6, 6.07) is 13.5.